The van der Waals surface area contributed by atoms with E-state index in [9.17, 15) is 4.79 Å². The molecule has 2 aliphatic carbocycles. The molecular weight excluding hydrogens is 336 g/mol. The third-order valence-corrected chi connectivity index (χ3v) is 11.3. The smallest absolute Gasteiger partial charge is 0.261 e. The number of hydrogen-bond acceptors (Lipinski definition) is 2. The zero-order valence-corrected chi connectivity index (χ0v) is 16.9. The highest BCUT2D eigenvalue weighted by Crippen LogP contribution is 2.56. The van der Waals surface area contributed by atoms with Gasteiger partial charge in [0.1, 0.15) is 5.78 Å². The Morgan fingerprint density at radius 1 is 0.885 bits per heavy atom. The topological polar surface area (TPSA) is 26.3 Å². The first-order chi connectivity index (χ1) is 12.4. The number of ketones is 1. The third kappa shape index (κ3) is 2.87. The number of rotatable bonds is 5. The summed E-state index contributed by atoms with van der Waals surface area (Å²) >= 11 is 0. The van der Waals surface area contributed by atoms with Crippen LogP contribution in [0.3, 0.4) is 0 Å². The second kappa shape index (κ2) is 6.47. The predicted molar refractivity (Wildman–Crippen MR) is 108 cm³/mol. The highest BCUT2D eigenvalue weighted by molar-refractivity contribution is 6.99. The van der Waals surface area contributed by atoms with Crippen LogP contribution < -0.4 is 10.4 Å². The zero-order valence-electron chi connectivity index (χ0n) is 15.9. The molecule has 0 unspecified atom stereocenters. The molecule has 136 valence electrons. The van der Waals surface area contributed by atoms with Crippen LogP contribution in [0.25, 0.3) is 0 Å². The molecule has 2 aromatic rings. The second-order valence-corrected chi connectivity index (χ2v) is 13.2. The number of benzene rings is 2. The summed E-state index contributed by atoms with van der Waals surface area (Å²) in [6.07, 6.45) is 1.55. The highest BCUT2D eigenvalue weighted by Gasteiger charge is 2.58. The molecule has 0 aromatic heterocycles. The first kappa shape index (κ1) is 17.7. The van der Waals surface area contributed by atoms with Crippen molar-refractivity contribution in [1.82, 2.24) is 0 Å². The van der Waals surface area contributed by atoms with E-state index in [1.807, 2.05) is 0 Å². The molecule has 0 amide bonds. The summed E-state index contributed by atoms with van der Waals surface area (Å²) < 4.78 is 6.99. The van der Waals surface area contributed by atoms with Crippen LogP contribution in [0.15, 0.2) is 60.7 Å². The molecule has 0 spiro atoms. The summed E-state index contributed by atoms with van der Waals surface area (Å²) in [6, 6.07) is 21.6. The largest absolute Gasteiger partial charge is 0.407 e. The molecule has 0 saturated heterocycles. The van der Waals surface area contributed by atoms with Crippen molar-refractivity contribution in [3.05, 3.63) is 60.7 Å². The fraction of sp³-hybridized carbons (Fsp3) is 0.435. The van der Waals surface area contributed by atoms with Crippen LogP contribution in [0, 0.1) is 17.8 Å². The average molecular weight is 365 g/mol. The minimum Gasteiger partial charge on any atom is -0.407 e. The molecule has 2 fully saturated rings. The Kier molecular flexibility index (Phi) is 4.40. The number of carbonyl (C=O) groups excluding carboxylic acids is 1. The molecule has 0 bridgehead atoms. The molecule has 2 saturated carbocycles. The van der Waals surface area contributed by atoms with Gasteiger partial charge in [-0.25, -0.2) is 0 Å². The second-order valence-electron chi connectivity index (χ2n) is 8.91. The summed E-state index contributed by atoms with van der Waals surface area (Å²) in [5, 5.41) is 2.69. The van der Waals surface area contributed by atoms with Gasteiger partial charge in [-0.05, 0) is 33.2 Å². The Labute approximate surface area is 157 Å². The lowest BCUT2D eigenvalue weighted by atomic mass is 10.1. The molecule has 4 rings (SSSR count). The molecule has 0 aliphatic heterocycles. The van der Waals surface area contributed by atoms with Crippen LogP contribution in [0.2, 0.25) is 5.04 Å². The van der Waals surface area contributed by atoms with Crippen molar-refractivity contribution in [1.29, 1.82) is 0 Å². The standard InChI is InChI=1S/C23H28O2Si/c1-23(2,3)26(18-10-6-4-7-11-18,19-12-8-5-9-13-19)25-16-22-20-14-17(24)15-21(20)22/h4-13,20-22H,14-16H2,1-3H3/t20-,21+,22+. The molecule has 2 aliphatic rings. The lowest BCUT2D eigenvalue weighted by Crippen LogP contribution is -2.66. The Morgan fingerprint density at radius 3 is 1.77 bits per heavy atom. The van der Waals surface area contributed by atoms with Crippen LogP contribution >= 0.6 is 0 Å². The van der Waals surface area contributed by atoms with Crippen LogP contribution in [0.5, 0.6) is 0 Å². The summed E-state index contributed by atoms with van der Waals surface area (Å²) in [6.45, 7) is 7.74. The van der Waals surface area contributed by atoms with Crippen molar-refractivity contribution < 1.29 is 9.22 Å². The number of Topliss-reactive ketones (excluding diaryl/α,β-unsaturated/α-hetero) is 1. The van der Waals surface area contributed by atoms with E-state index in [-0.39, 0.29) is 5.04 Å². The van der Waals surface area contributed by atoms with Gasteiger partial charge in [0, 0.05) is 19.4 Å². The quantitative estimate of drug-likeness (QED) is 0.755. The Morgan fingerprint density at radius 2 is 1.35 bits per heavy atom. The number of hydrogen-bond donors (Lipinski definition) is 0. The molecular formula is C23H28O2Si. The van der Waals surface area contributed by atoms with E-state index < -0.39 is 8.32 Å². The fourth-order valence-electron chi connectivity index (χ4n) is 4.97. The average Bonchev–Trinajstić information content (AvgIpc) is 3.09. The van der Waals surface area contributed by atoms with E-state index in [4.69, 9.17) is 4.43 Å². The molecule has 2 nitrogen and oxygen atoms in total. The van der Waals surface area contributed by atoms with Crippen LogP contribution in [0.4, 0.5) is 0 Å². The van der Waals surface area contributed by atoms with Crippen molar-refractivity contribution in [2.75, 3.05) is 6.61 Å². The lowest BCUT2D eigenvalue weighted by Gasteiger charge is -2.43. The van der Waals surface area contributed by atoms with Gasteiger partial charge in [-0.15, -0.1) is 0 Å². The van der Waals surface area contributed by atoms with Gasteiger partial charge in [0.2, 0.25) is 0 Å². The Bertz CT molecular complexity index is 725. The minimum atomic E-state index is -2.42. The van der Waals surface area contributed by atoms with Crippen LogP contribution in [-0.4, -0.2) is 20.7 Å². The highest BCUT2D eigenvalue weighted by atomic mass is 28.4. The maximum absolute atomic E-state index is 11.6. The Hall–Kier alpha value is -1.71. The van der Waals surface area contributed by atoms with Gasteiger partial charge in [0.15, 0.2) is 0 Å². The maximum atomic E-state index is 11.6. The SMILES string of the molecule is CC(C)(C)[Si](OC[C@@H]1[C@H]2CC(=O)C[C@@H]12)(c1ccccc1)c1ccccc1. The van der Waals surface area contributed by atoms with Crippen molar-refractivity contribution in [3.63, 3.8) is 0 Å². The maximum Gasteiger partial charge on any atom is 0.261 e. The minimum absolute atomic E-state index is 0.0233. The van der Waals surface area contributed by atoms with E-state index in [1.54, 1.807) is 0 Å². The van der Waals surface area contributed by atoms with Crippen molar-refractivity contribution in [3.8, 4) is 0 Å². The lowest BCUT2D eigenvalue weighted by molar-refractivity contribution is -0.118. The molecule has 0 N–H and O–H groups in total. The first-order valence-corrected chi connectivity index (χ1v) is 11.6. The van der Waals surface area contributed by atoms with Gasteiger partial charge >= 0.3 is 0 Å². The van der Waals surface area contributed by atoms with E-state index in [0.29, 0.717) is 23.5 Å². The number of carbonyl (C=O) groups is 1. The van der Waals surface area contributed by atoms with E-state index in [0.717, 1.165) is 19.4 Å². The Balaban J connectivity index is 1.70. The monoisotopic (exact) mass is 364 g/mol. The van der Waals surface area contributed by atoms with E-state index in [1.165, 1.54) is 10.4 Å². The molecule has 3 heteroatoms. The van der Waals surface area contributed by atoms with Gasteiger partial charge in [-0.1, -0.05) is 81.4 Å². The van der Waals surface area contributed by atoms with Gasteiger partial charge in [-0.2, -0.15) is 0 Å². The third-order valence-electron chi connectivity index (χ3n) is 6.34. The summed E-state index contributed by atoms with van der Waals surface area (Å²) in [7, 11) is -2.42. The van der Waals surface area contributed by atoms with E-state index in [2.05, 4.69) is 81.4 Å². The molecule has 0 heterocycles. The normalized spacial score (nSPS) is 25.2. The predicted octanol–water partition coefficient (Wildman–Crippen LogP) is 3.79. The fourth-order valence-corrected chi connectivity index (χ4v) is 9.57. The molecule has 2 aromatic carbocycles. The van der Waals surface area contributed by atoms with Gasteiger partial charge in [-0.3, -0.25) is 4.79 Å². The van der Waals surface area contributed by atoms with E-state index >= 15 is 0 Å². The number of fused-ring (bicyclic) bond motifs is 1. The summed E-state index contributed by atoms with van der Waals surface area (Å²) in [5.74, 6) is 2.19. The molecule has 26 heavy (non-hydrogen) atoms. The van der Waals surface area contributed by atoms with Crippen LogP contribution in [0.1, 0.15) is 33.6 Å². The van der Waals surface area contributed by atoms with Crippen molar-refractivity contribution >= 4 is 24.5 Å². The summed E-state index contributed by atoms with van der Waals surface area (Å²) in [5.41, 5.74) is 0. The summed E-state index contributed by atoms with van der Waals surface area (Å²) in [4.78, 5) is 11.6. The molecule has 3 atom stereocenters. The van der Waals surface area contributed by atoms with Gasteiger partial charge in [0.25, 0.3) is 8.32 Å². The van der Waals surface area contributed by atoms with Gasteiger partial charge in [0.05, 0.1) is 0 Å². The first-order valence-electron chi connectivity index (χ1n) is 9.70. The van der Waals surface area contributed by atoms with Gasteiger partial charge < -0.3 is 4.43 Å². The van der Waals surface area contributed by atoms with Crippen molar-refractivity contribution in [2.45, 2.75) is 38.7 Å². The van der Waals surface area contributed by atoms with Crippen molar-refractivity contribution in [2.24, 2.45) is 17.8 Å². The van der Waals surface area contributed by atoms with Crippen LogP contribution in [-0.2, 0) is 9.22 Å². The molecule has 0 radical (unpaired) electrons. The zero-order chi connectivity index (χ0) is 18.4.